The van der Waals surface area contributed by atoms with Gasteiger partial charge in [0.25, 0.3) is 0 Å². The smallest absolute Gasteiger partial charge is 0.250 e. The van der Waals surface area contributed by atoms with Gasteiger partial charge in [-0.2, -0.15) is 0 Å². The van der Waals surface area contributed by atoms with Gasteiger partial charge in [-0.15, -0.1) is 6.42 Å². The molecule has 0 saturated heterocycles. The summed E-state index contributed by atoms with van der Waals surface area (Å²) in [5, 5.41) is 5.27. The first-order valence-electron chi connectivity index (χ1n) is 4.09. The van der Waals surface area contributed by atoms with Crippen LogP contribution in [-0.2, 0) is 9.59 Å². The Morgan fingerprint density at radius 3 is 2.62 bits per heavy atom. The normalized spacial score (nSPS) is 19.7. The molecule has 0 spiro atoms. The zero-order valence-corrected chi connectivity index (χ0v) is 7.46. The van der Waals surface area contributed by atoms with Crippen molar-refractivity contribution in [2.24, 2.45) is 0 Å². The van der Waals surface area contributed by atoms with Crippen LogP contribution in [0.5, 0.6) is 0 Å². The van der Waals surface area contributed by atoms with Crippen molar-refractivity contribution < 1.29 is 9.59 Å². The molecule has 1 aliphatic carbocycles. The van der Waals surface area contributed by atoms with Crippen molar-refractivity contribution >= 4 is 12.2 Å². The fourth-order valence-corrected chi connectivity index (χ4v) is 1.01. The number of terminal acetylenes is 1. The SMILES string of the molecule is C#C[C@H](NC)C(=O)NC1(C=O)CC1. The van der Waals surface area contributed by atoms with Crippen molar-refractivity contribution in [2.75, 3.05) is 7.05 Å². The van der Waals surface area contributed by atoms with Crippen molar-refractivity contribution in [1.82, 2.24) is 10.6 Å². The van der Waals surface area contributed by atoms with E-state index in [2.05, 4.69) is 16.6 Å². The molecule has 1 fully saturated rings. The second-order valence-electron chi connectivity index (χ2n) is 3.15. The first-order chi connectivity index (χ1) is 6.17. The maximum Gasteiger partial charge on any atom is 0.250 e. The summed E-state index contributed by atoms with van der Waals surface area (Å²) in [6.07, 6.45) is 7.30. The third-order valence-corrected chi connectivity index (χ3v) is 2.10. The molecule has 0 aliphatic heterocycles. The van der Waals surface area contributed by atoms with Crippen LogP contribution in [0.15, 0.2) is 0 Å². The molecule has 1 aliphatic rings. The minimum Gasteiger partial charge on any atom is -0.342 e. The van der Waals surface area contributed by atoms with Gasteiger partial charge < -0.3 is 10.1 Å². The van der Waals surface area contributed by atoms with Crippen LogP contribution in [0.2, 0.25) is 0 Å². The highest BCUT2D eigenvalue weighted by Crippen LogP contribution is 2.32. The Morgan fingerprint density at radius 2 is 2.31 bits per heavy atom. The van der Waals surface area contributed by atoms with Gasteiger partial charge in [0.1, 0.15) is 12.3 Å². The van der Waals surface area contributed by atoms with Gasteiger partial charge in [0, 0.05) is 0 Å². The number of likely N-dealkylation sites (N-methyl/N-ethyl adjacent to an activating group) is 1. The number of carbonyl (C=O) groups excluding carboxylic acids is 2. The molecule has 0 aromatic carbocycles. The van der Waals surface area contributed by atoms with Gasteiger partial charge in [-0.05, 0) is 19.9 Å². The Balaban J connectivity index is 2.50. The molecular weight excluding hydrogens is 168 g/mol. The second-order valence-corrected chi connectivity index (χ2v) is 3.15. The molecule has 0 heterocycles. The van der Waals surface area contributed by atoms with Gasteiger partial charge in [0.2, 0.25) is 5.91 Å². The molecule has 70 valence electrons. The minimum atomic E-state index is -0.655. The second kappa shape index (κ2) is 3.58. The van der Waals surface area contributed by atoms with Crippen molar-refractivity contribution in [3.05, 3.63) is 0 Å². The fourth-order valence-electron chi connectivity index (χ4n) is 1.01. The van der Waals surface area contributed by atoms with Gasteiger partial charge in [-0.1, -0.05) is 5.92 Å². The van der Waals surface area contributed by atoms with E-state index in [0.29, 0.717) is 12.8 Å². The highest BCUT2D eigenvalue weighted by molar-refractivity contribution is 5.89. The molecule has 1 rings (SSSR count). The summed E-state index contributed by atoms with van der Waals surface area (Å²) < 4.78 is 0. The maximum absolute atomic E-state index is 11.3. The Morgan fingerprint density at radius 1 is 1.69 bits per heavy atom. The van der Waals surface area contributed by atoms with Crippen LogP contribution in [0.3, 0.4) is 0 Å². The molecule has 0 aromatic heterocycles. The first kappa shape index (κ1) is 9.75. The number of rotatable bonds is 4. The molecular formula is C9H12N2O2. The summed E-state index contributed by atoms with van der Waals surface area (Å²) in [7, 11) is 1.60. The Kier molecular flexibility index (Phi) is 2.69. The van der Waals surface area contributed by atoms with E-state index < -0.39 is 11.6 Å². The van der Waals surface area contributed by atoms with Gasteiger partial charge >= 0.3 is 0 Å². The molecule has 0 radical (unpaired) electrons. The highest BCUT2D eigenvalue weighted by atomic mass is 16.2. The zero-order valence-electron chi connectivity index (χ0n) is 7.46. The van der Waals surface area contributed by atoms with E-state index in [1.807, 2.05) is 0 Å². The van der Waals surface area contributed by atoms with Crippen molar-refractivity contribution in [3.63, 3.8) is 0 Å². The number of hydrogen-bond donors (Lipinski definition) is 2. The lowest BCUT2D eigenvalue weighted by Gasteiger charge is -2.13. The molecule has 4 heteroatoms. The molecule has 1 amide bonds. The molecule has 4 nitrogen and oxygen atoms in total. The van der Waals surface area contributed by atoms with Gasteiger partial charge in [-0.25, -0.2) is 0 Å². The van der Waals surface area contributed by atoms with E-state index >= 15 is 0 Å². The lowest BCUT2D eigenvalue weighted by molar-refractivity contribution is -0.125. The molecule has 0 aromatic rings. The van der Waals surface area contributed by atoms with E-state index in [-0.39, 0.29) is 5.91 Å². The zero-order chi connectivity index (χ0) is 9.90. The van der Waals surface area contributed by atoms with Crippen LogP contribution in [0, 0.1) is 12.3 Å². The third-order valence-electron chi connectivity index (χ3n) is 2.10. The van der Waals surface area contributed by atoms with Gasteiger partial charge in [-0.3, -0.25) is 10.1 Å². The predicted molar refractivity (Wildman–Crippen MR) is 47.9 cm³/mol. The van der Waals surface area contributed by atoms with E-state index in [0.717, 1.165) is 6.29 Å². The third kappa shape index (κ3) is 2.07. The number of hydrogen-bond acceptors (Lipinski definition) is 3. The summed E-state index contributed by atoms with van der Waals surface area (Å²) in [5.41, 5.74) is -0.622. The van der Waals surface area contributed by atoms with Crippen LogP contribution in [0.4, 0.5) is 0 Å². The molecule has 1 saturated carbocycles. The van der Waals surface area contributed by atoms with Crippen LogP contribution in [0.25, 0.3) is 0 Å². The average molecular weight is 180 g/mol. The topological polar surface area (TPSA) is 58.2 Å². The van der Waals surface area contributed by atoms with Gasteiger partial charge in [0.15, 0.2) is 0 Å². The molecule has 2 N–H and O–H groups in total. The summed E-state index contributed by atoms with van der Waals surface area (Å²) in [4.78, 5) is 21.9. The number of carbonyl (C=O) groups is 2. The van der Waals surface area contributed by atoms with Crippen molar-refractivity contribution in [2.45, 2.75) is 24.4 Å². The van der Waals surface area contributed by atoms with Gasteiger partial charge in [0.05, 0.1) is 5.54 Å². The van der Waals surface area contributed by atoms with Crippen LogP contribution in [0.1, 0.15) is 12.8 Å². The monoisotopic (exact) mass is 180 g/mol. The number of aldehydes is 1. The molecule has 1 atom stereocenters. The molecule has 0 unspecified atom stereocenters. The standard InChI is InChI=1S/C9H12N2O2/c1-3-7(10-2)8(13)11-9(6-12)4-5-9/h1,6-7,10H,4-5H2,2H3,(H,11,13)/t7-/m0/s1. The largest absolute Gasteiger partial charge is 0.342 e. The average Bonchev–Trinajstić information content (AvgIpc) is 2.88. The van der Waals surface area contributed by atoms with E-state index in [4.69, 9.17) is 6.42 Å². The lowest BCUT2D eigenvalue weighted by Crippen LogP contribution is -2.47. The number of nitrogens with one attached hydrogen (secondary N) is 2. The van der Waals surface area contributed by atoms with Crippen LogP contribution >= 0.6 is 0 Å². The summed E-state index contributed by atoms with van der Waals surface area (Å²) in [5.74, 6) is 1.98. The highest BCUT2D eigenvalue weighted by Gasteiger charge is 2.44. The van der Waals surface area contributed by atoms with E-state index in [1.54, 1.807) is 7.05 Å². The maximum atomic E-state index is 11.3. The van der Waals surface area contributed by atoms with E-state index in [1.165, 1.54) is 0 Å². The Labute approximate surface area is 77.1 Å². The van der Waals surface area contributed by atoms with Crippen LogP contribution < -0.4 is 10.6 Å². The fraction of sp³-hybridized carbons (Fsp3) is 0.556. The summed E-state index contributed by atoms with van der Waals surface area (Å²) in [6.45, 7) is 0. The summed E-state index contributed by atoms with van der Waals surface area (Å²) in [6, 6.07) is -0.655. The quantitative estimate of drug-likeness (QED) is 0.433. The Hall–Kier alpha value is -1.34. The van der Waals surface area contributed by atoms with Crippen molar-refractivity contribution in [1.29, 1.82) is 0 Å². The predicted octanol–water partition coefficient (Wildman–Crippen LogP) is -0.945. The van der Waals surface area contributed by atoms with Crippen LogP contribution in [-0.4, -0.2) is 30.8 Å². The molecule has 13 heavy (non-hydrogen) atoms. The Bertz CT molecular complexity index is 263. The lowest BCUT2D eigenvalue weighted by atomic mass is 10.2. The number of amides is 1. The summed E-state index contributed by atoms with van der Waals surface area (Å²) >= 11 is 0. The first-order valence-corrected chi connectivity index (χ1v) is 4.09. The molecule has 0 bridgehead atoms. The van der Waals surface area contributed by atoms with E-state index in [9.17, 15) is 9.59 Å². The minimum absolute atomic E-state index is 0.311. The van der Waals surface area contributed by atoms with Crippen molar-refractivity contribution in [3.8, 4) is 12.3 Å².